The van der Waals surface area contributed by atoms with Crippen molar-refractivity contribution in [2.75, 3.05) is 18.6 Å². The lowest BCUT2D eigenvalue weighted by atomic mass is 10.0. The lowest BCUT2D eigenvalue weighted by Gasteiger charge is -2.49. The molecule has 2 aliphatic rings. The zero-order chi connectivity index (χ0) is 26.4. The summed E-state index contributed by atoms with van der Waals surface area (Å²) in [5.41, 5.74) is 6.39. The second-order valence-electron chi connectivity index (χ2n) is 7.70. The fourth-order valence-electron chi connectivity index (χ4n) is 3.52. The van der Waals surface area contributed by atoms with Crippen LogP contribution in [0.25, 0.3) is 0 Å². The number of amides is 2. The van der Waals surface area contributed by atoms with E-state index < -0.39 is 41.5 Å². The highest BCUT2D eigenvalue weighted by atomic mass is 32.2. The molecule has 0 aromatic carbocycles. The summed E-state index contributed by atoms with van der Waals surface area (Å²) in [6.45, 7) is 4.63. The van der Waals surface area contributed by atoms with Gasteiger partial charge in [-0.25, -0.2) is 9.78 Å². The standard InChI is InChI=1S/C22H27N5O7S2/c1-5-6-7-8-13-9-35-20-16(25-18(29)15(26-32-4)14-10-36-22(23)24-14)19(30)27(20)17(13)21(31)34-12(3)33-11(2)28/h7-8,10,12,16,20H,5-6,9H2,1-4H3,(H2,23,24)(H,25,29)/b8-7-,26-15-/t12?,16-,20+/m1/s1. The normalized spacial score (nSPS) is 20.5. The van der Waals surface area contributed by atoms with Gasteiger partial charge in [0.2, 0.25) is 6.29 Å². The van der Waals surface area contributed by atoms with Crippen molar-refractivity contribution in [1.82, 2.24) is 15.2 Å². The molecule has 1 fully saturated rings. The van der Waals surface area contributed by atoms with E-state index in [1.165, 1.54) is 37.6 Å². The number of nitrogens with two attached hydrogens (primary N) is 1. The zero-order valence-electron chi connectivity index (χ0n) is 20.2. The van der Waals surface area contributed by atoms with Crippen LogP contribution in [-0.2, 0) is 33.5 Å². The van der Waals surface area contributed by atoms with Crippen LogP contribution in [0, 0.1) is 0 Å². The molecule has 1 saturated heterocycles. The number of aromatic nitrogens is 1. The Kier molecular flexibility index (Phi) is 9.09. The van der Waals surface area contributed by atoms with Crippen molar-refractivity contribution < 1.29 is 33.5 Å². The first-order valence-electron chi connectivity index (χ1n) is 11.0. The number of thiazole rings is 1. The van der Waals surface area contributed by atoms with Gasteiger partial charge in [-0.3, -0.25) is 19.3 Å². The first-order valence-corrected chi connectivity index (χ1v) is 13.0. The summed E-state index contributed by atoms with van der Waals surface area (Å²) >= 11 is 2.52. The maximum Gasteiger partial charge on any atom is 0.358 e. The van der Waals surface area contributed by atoms with Crippen molar-refractivity contribution in [3.8, 4) is 0 Å². The van der Waals surface area contributed by atoms with Gasteiger partial charge in [0.15, 0.2) is 10.8 Å². The van der Waals surface area contributed by atoms with Crippen LogP contribution in [0.15, 0.2) is 34.0 Å². The van der Waals surface area contributed by atoms with Gasteiger partial charge in [-0.1, -0.05) is 30.7 Å². The Morgan fingerprint density at radius 2 is 2.14 bits per heavy atom. The van der Waals surface area contributed by atoms with Gasteiger partial charge in [0, 0.05) is 25.0 Å². The number of carbonyl (C=O) groups is 4. The topological polar surface area (TPSA) is 163 Å². The number of ether oxygens (including phenoxy) is 2. The number of hydrogen-bond donors (Lipinski definition) is 2. The average Bonchev–Trinajstić information content (AvgIpc) is 3.25. The predicted molar refractivity (Wildman–Crippen MR) is 133 cm³/mol. The van der Waals surface area contributed by atoms with Gasteiger partial charge in [-0.2, -0.15) is 0 Å². The number of esters is 2. The highest BCUT2D eigenvalue weighted by Gasteiger charge is 2.54. The molecular formula is C22H27N5O7S2. The first-order chi connectivity index (χ1) is 17.2. The third kappa shape index (κ3) is 6.05. The van der Waals surface area contributed by atoms with Crippen LogP contribution in [0.3, 0.4) is 0 Å². The molecule has 3 N–H and O–H groups in total. The number of oxime groups is 1. The number of nitrogens with one attached hydrogen (secondary N) is 1. The summed E-state index contributed by atoms with van der Waals surface area (Å²) in [6, 6.07) is -0.921. The quantitative estimate of drug-likeness (QED) is 0.147. The zero-order valence-corrected chi connectivity index (χ0v) is 21.8. The molecule has 194 valence electrons. The molecule has 3 atom stereocenters. The van der Waals surface area contributed by atoms with E-state index in [9.17, 15) is 19.2 Å². The van der Waals surface area contributed by atoms with Crippen LogP contribution < -0.4 is 11.1 Å². The van der Waals surface area contributed by atoms with Gasteiger partial charge in [0.05, 0.1) is 0 Å². The highest BCUT2D eigenvalue weighted by molar-refractivity contribution is 8.00. The van der Waals surface area contributed by atoms with E-state index in [0.29, 0.717) is 11.3 Å². The number of unbranched alkanes of at least 4 members (excludes halogenated alkanes) is 1. The molecule has 36 heavy (non-hydrogen) atoms. The number of hydrogen-bond acceptors (Lipinski definition) is 12. The maximum atomic E-state index is 13.1. The molecule has 1 aromatic heterocycles. The van der Waals surface area contributed by atoms with Crippen LogP contribution in [0.5, 0.6) is 0 Å². The predicted octanol–water partition coefficient (Wildman–Crippen LogP) is 1.54. The van der Waals surface area contributed by atoms with E-state index in [1.54, 1.807) is 11.5 Å². The van der Waals surface area contributed by atoms with Gasteiger partial charge in [-0.15, -0.1) is 23.1 Å². The van der Waals surface area contributed by atoms with E-state index in [4.69, 9.17) is 20.0 Å². The molecule has 2 aliphatic heterocycles. The number of rotatable bonds is 10. The summed E-state index contributed by atoms with van der Waals surface area (Å²) in [6.07, 6.45) is 4.26. The van der Waals surface area contributed by atoms with Crippen molar-refractivity contribution in [1.29, 1.82) is 0 Å². The smallest absolute Gasteiger partial charge is 0.358 e. The number of anilines is 1. The van der Waals surface area contributed by atoms with Crippen LogP contribution >= 0.6 is 23.1 Å². The third-order valence-electron chi connectivity index (χ3n) is 5.02. The van der Waals surface area contributed by atoms with Crippen molar-refractivity contribution in [3.63, 3.8) is 0 Å². The van der Waals surface area contributed by atoms with E-state index in [2.05, 4.69) is 15.5 Å². The maximum absolute atomic E-state index is 13.1. The minimum absolute atomic E-state index is 0.0543. The third-order valence-corrected chi connectivity index (χ3v) is 7.00. The monoisotopic (exact) mass is 537 g/mol. The first kappa shape index (κ1) is 27.2. The second-order valence-corrected chi connectivity index (χ2v) is 9.70. The molecule has 3 rings (SSSR count). The van der Waals surface area contributed by atoms with Gasteiger partial charge in [0.25, 0.3) is 11.8 Å². The summed E-state index contributed by atoms with van der Waals surface area (Å²) in [5.74, 6) is -2.19. The molecule has 0 spiro atoms. The minimum atomic E-state index is -1.14. The molecule has 1 unspecified atom stereocenters. The average molecular weight is 538 g/mol. The van der Waals surface area contributed by atoms with E-state index in [-0.39, 0.29) is 22.2 Å². The number of thioether (sulfide) groups is 1. The molecule has 0 aliphatic carbocycles. The molecule has 3 heterocycles. The summed E-state index contributed by atoms with van der Waals surface area (Å²) in [4.78, 5) is 60.4. The molecule has 14 heteroatoms. The largest absolute Gasteiger partial charge is 0.426 e. The van der Waals surface area contributed by atoms with Crippen molar-refractivity contribution in [3.05, 3.63) is 34.5 Å². The van der Waals surface area contributed by atoms with E-state index >= 15 is 0 Å². The Morgan fingerprint density at radius 3 is 2.75 bits per heavy atom. The number of fused-ring (bicyclic) bond motifs is 1. The lowest BCUT2D eigenvalue weighted by Crippen LogP contribution is -2.71. The van der Waals surface area contributed by atoms with Crippen LogP contribution in [0.1, 0.15) is 39.3 Å². The van der Waals surface area contributed by atoms with Crippen molar-refractivity contribution in [2.24, 2.45) is 5.16 Å². The Balaban J connectivity index is 1.82. The lowest BCUT2D eigenvalue weighted by molar-refractivity contribution is -0.182. The Labute approximate surface area is 215 Å². The van der Waals surface area contributed by atoms with Gasteiger partial charge in [0.1, 0.15) is 29.9 Å². The molecule has 0 bridgehead atoms. The van der Waals surface area contributed by atoms with Crippen LogP contribution in [-0.4, -0.2) is 69.9 Å². The molecular weight excluding hydrogens is 510 g/mol. The Hall–Kier alpha value is -3.39. The SMILES string of the molecule is CCC/C=C\C1=C(C(=O)OC(C)OC(C)=O)N2C(=O)[C@@H](NC(=O)/C(=N\OC)c3csc(N)n3)[C@@H]2SC1. The molecule has 2 amide bonds. The molecule has 0 radical (unpaired) electrons. The van der Waals surface area contributed by atoms with Gasteiger partial charge < -0.3 is 25.4 Å². The fourth-order valence-corrected chi connectivity index (χ4v) is 5.38. The van der Waals surface area contributed by atoms with Crippen LogP contribution in [0.2, 0.25) is 0 Å². The van der Waals surface area contributed by atoms with E-state index in [0.717, 1.165) is 24.2 Å². The van der Waals surface area contributed by atoms with Gasteiger partial charge >= 0.3 is 11.9 Å². The Bertz CT molecular complexity index is 1130. The molecule has 1 aromatic rings. The fraction of sp³-hybridized carbons (Fsp3) is 0.455. The minimum Gasteiger partial charge on any atom is -0.426 e. The number of β-lactam (4-membered cyclic amide) rings is 1. The Morgan fingerprint density at radius 1 is 1.39 bits per heavy atom. The molecule has 0 saturated carbocycles. The van der Waals surface area contributed by atoms with Crippen molar-refractivity contribution >= 4 is 57.7 Å². The number of nitrogen functional groups attached to an aromatic ring is 1. The second kappa shape index (κ2) is 12.0. The summed E-state index contributed by atoms with van der Waals surface area (Å²) in [5, 5.41) is 7.62. The van der Waals surface area contributed by atoms with Crippen molar-refractivity contribution in [2.45, 2.75) is 51.3 Å². The summed E-state index contributed by atoms with van der Waals surface area (Å²) < 4.78 is 10.2. The van der Waals surface area contributed by atoms with Gasteiger partial charge in [-0.05, 0) is 12.0 Å². The number of nitrogens with zero attached hydrogens (tertiary/aromatic N) is 3. The number of carbonyl (C=O) groups excluding carboxylic acids is 4. The number of allylic oxidation sites excluding steroid dienone is 2. The van der Waals surface area contributed by atoms with E-state index in [1.807, 2.05) is 13.0 Å². The highest BCUT2D eigenvalue weighted by Crippen LogP contribution is 2.41. The van der Waals surface area contributed by atoms with Crippen LogP contribution in [0.4, 0.5) is 5.13 Å². The summed E-state index contributed by atoms with van der Waals surface area (Å²) in [7, 11) is 1.28. The molecule has 12 nitrogen and oxygen atoms in total.